The highest BCUT2D eigenvalue weighted by atomic mass is 19.3. The minimum Gasteiger partial charge on any atom is -0.403 e. The van der Waals surface area contributed by atoms with Crippen molar-refractivity contribution in [1.29, 1.82) is 0 Å². The molecule has 26 heavy (non-hydrogen) atoms. The molecule has 0 aromatic rings. The van der Waals surface area contributed by atoms with E-state index in [4.69, 9.17) is 9.31 Å². The lowest BCUT2D eigenvalue weighted by molar-refractivity contribution is -0.137. The van der Waals surface area contributed by atoms with Gasteiger partial charge in [0, 0.05) is 37.9 Å². The van der Waals surface area contributed by atoms with Crippen LogP contribution in [0.5, 0.6) is 0 Å². The number of amides is 2. The van der Waals surface area contributed by atoms with Gasteiger partial charge in [-0.15, -0.1) is 0 Å². The molecule has 9 heteroatoms. The van der Waals surface area contributed by atoms with Crippen molar-refractivity contribution in [2.75, 3.05) is 32.8 Å². The Morgan fingerprint density at radius 1 is 1.12 bits per heavy atom. The van der Waals surface area contributed by atoms with E-state index in [1.807, 2.05) is 32.6 Å². The SMILES string of the molecule is CC1(C)OB(C2CCN(C(=O)N3CCC(COC(F)F)C3)C2)OC1(C)C. The maximum Gasteiger partial charge on any atom is 0.463 e. The molecule has 3 rings (SSSR count). The summed E-state index contributed by atoms with van der Waals surface area (Å²) in [4.78, 5) is 16.3. The molecule has 3 aliphatic rings. The van der Waals surface area contributed by atoms with Crippen molar-refractivity contribution in [3.05, 3.63) is 0 Å². The lowest BCUT2D eigenvalue weighted by Crippen LogP contribution is -2.41. The number of carbonyl (C=O) groups is 1. The summed E-state index contributed by atoms with van der Waals surface area (Å²) in [7, 11) is -0.302. The van der Waals surface area contributed by atoms with E-state index in [1.54, 1.807) is 4.90 Å². The van der Waals surface area contributed by atoms with Crippen LogP contribution in [0.3, 0.4) is 0 Å². The lowest BCUT2D eigenvalue weighted by atomic mass is 9.71. The summed E-state index contributed by atoms with van der Waals surface area (Å²) in [6, 6.07) is -0.0245. The molecule has 2 atom stereocenters. The van der Waals surface area contributed by atoms with Gasteiger partial charge in [-0.25, -0.2) is 4.79 Å². The minimum atomic E-state index is -2.75. The number of hydrogen-bond donors (Lipinski definition) is 0. The number of carbonyl (C=O) groups excluding carboxylic acids is 1. The molecule has 3 aliphatic heterocycles. The first-order valence-corrected chi connectivity index (χ1v) is 9.38. The van der Waals surface area contributed by atoms with Crippen LogP contribution < -0.4 is 0 Å². The van der Waals surface area contributed by atoms with Gasteiger partial charge in [-0.2, -0.15) is 8.78 Å². The third-order valence-electron chi connectivity index (χ3n) is 6.17. The smallest absolute Gasteiger partial charge is 0.403 e. The fourth-order valence-electron chi connectivity index (χ4n) is 3.82. The van der Waals surface area contributed by atoms with E-state index >= 15 is 0 Å². The molecule has 0 N–H and O–H groups in total. The van der Waals surface area contributed by atoms with Gasteiger partial charge in [-0.3, -0.25) is 0 Å². The van der Waals surface area contributed by atoms with Crippen LogP contribution in [0.15, 0.2) is 0 Å². The number of ether oxygens (including phenoxy) is 1. The van der Waals surface area contributed by atoms with Crippen molar-refractivity contribution >= 4 is 13.1 Å². The topological polar surface area (TPSA) is 51.2 Å². The molecule has 0 aliphatic carbocycles. The van der Waals surface area contributed by atoms with E-state index in [9.17, 15) is 13.6 Å². The number of urea groups is 1. The van der Waals surface area contributed by atoms with Gasteiger partial charge in [0.05, 0.1) is 17.8 Å². The largest absolute Gasteiger partial charge is 0.463 e. The summed E-state index contributed by atoms with van der Waals surface area (Å²) in [6.45, 7) is 7.68. The van der Waals surface area contributed by atoms with Crippen LogP contribution in [0.2, 0.25) is 5.82 Å². The van der Waals surface area contributed by atoms with Gasteiger partial charge in [0.25, 0.3) is 0 Å². The van der Waals surface area contributed by atoms with Crippen LogP contribution >= 0.6 is 0 Å². The molecule has 6 nitrogen and oxygen atoms in total. The Bertz CT molecular complexity index is 519. The second-order valence-electron chi connectivity index (χ2n) is 8.60. The summed E-state index contributed by atoms with van der Waals surface area (Å²) < 4.78 is 40.9. The first-order chi connectivity index (χ1) is 12.1. The Morgan fingerprint density at radius 3 is 2.31 bits per heavy atom. The Labute approximate surface area is 154 Å². The monoisotopic (exact) mass is 374 g/mol. The van der Waals surface area contributed by atoms with Gasteiger partial charge < -0.3 is 23.8 Å². The maximum atomic E-state index is 12.7. The molecule has 148 valence electrons. The second-order valence-corrected chi connectivity index (χ2v) is 8.60. The van der Waals surface area contributed by atoms with Crippen molar-refractivity contribution in [3.63, 3.8) is 0 Å². The fourth-order valence-corrected chi connectivity index (χ4v) is 3.82. The Hall–Kier alpha value is -0.925. The molecule has 0 bridgehead atoms. The molecule has 3 saturated heterocycles. The average molecular weight is 374 g/mol. The third kappa shape index (κ3) is 3.99. The second kappa shape index (κ2) is 7.24. The maximum absolute atomic E-state index is 12.7. The van der Waals surface area contributed by atoms with E-state index in [2.05, 4.69) is 4.74 Å². The molecule has 3 fully saturated rings. The van der Waals surface area contributed by atoms with Crippen molar-refractivity contribution in [2.45, 2.75) is 64.2 Å². The molecule has 0 saturated carbocycles. The number of rotatable bonds is 4. The standard InChI is InChI=1S/C17H29BF2N2O4/c1-16(2)17(3,4)26-18(25-16)13-6-8-22(10-13)15(23)21-7-5-12(9-21)11-24-14(19)20/h12-14H,5-11H2,1-4H3. The average Bonchev–Trinajstić information content (AvgIpc) is 3.24. The van der Waals surface area contributed by atoms with Crippen molar-refractivity contribution in [2.24, 2.45) is 5.92 Å². The van der Waals surface area contributed by atoms with Crippen LogP contribution in [0.4, 0.5) is 13.6 Å². The molecule has 0 radical (unpaired) electrons. The van der Waals surface area contributed by atoms with Gasteiger partial charge >= 0.3 is 19.8 Å². The molecular formula is C17H29BF2N2O4. The number of likely N-dealkylation sites (tertiary alicyclic amines) is 2. The first kappa shape index (κ1) is 19.8. The van der Waals surface area contributed by atoms with E-state index in [1.165, 1.54) is 0 Å². The van der Waals surface area contributed by atoms with E-state index < -0.39 is 6.61 Å². The number of halogens is 2. The van der Waals surface area contributed by atoms with Gasteiger partial charge in [0.2, 0.25) is 0 Å². The van der Waals surface area contributed by atoms with Crippen LogP contribution in [-0.4, -0.2) is 73.5 Å². The normalized spacial score (nSPS) is 30.7. The van der Waals surface area contributed by atoms with Gasteiger partial charge in [-0.1, -0.05) is 0 Å². The number of nitrogens with zero attached hydrogens (tertiary/aromatic N) is 2. The minimum absolute atomic E-state index is 0.00199. The molecule has 0 spiro atoms. The van der Waals surface area contributed by atoms with E-state index in [-0.39, 0.29) is 42.7 Å². The quantitative estimate of drug-likeness (QED) is 0.711. The van der Waals surface area contributed by atoms with Gasteiger partial charge in [-0.05, 0) is 40.5 Å². The van der Waals surface area contributed by atoms with Crippen molar-refractivity contribution in [1.82, 2.24) is 9.80 Å². The predicted molar refractivity (Wildman–Crippen MR) is 93.1 cm³/mol. The van der Waals surface area contributed by atoms with Crippen molar-refractivity contribution < 1.29 is 27.6 Å². The number of hydrogen-bond acceptors (Lipinski definition) is 4. The highest BCUT2D eigenvalue weighted by molar-refractivity contribution is 6.47. The zero-order valence-corrected chi connectivity index (χ0v) is 16.0. The third-order valence-corrected chi connectivity index (χ3v) is 6.17. The molecule has 0 aromatic heterocycles. The summed E-state index contributed by atoms with van der Waals surface area (Å²) in [5.41, 5.74) is -0.746. The fraction of sp³-hybridized carbons (Fsp3) is 0.941. The highest BCUT2D eigenvalue weighted by Crippen LogP contribution is 2.42. The Morgan fingerprint density at radius 2 is 1.69 bits per heavy atom. The lowest BCUT2D eigenvalue weighted by Gasteiger charge is -2.32. The van der Waals surface area contributed by atoms with Crippen molar-refractivity contribution in [3.8, 4) is 0 Å². The summed E-state index contributed by atoms with van der Waals surface area (Å²) >= 11 is 0. The van der Waals surface area contributed by atoms with Crippen LogP contribution in [-0.2, 0) is 14.0 Å². The number of alkyl halides is 2. The predicted octanol–water partition coefficient (Wildman–Crippen LogP) is 2.84. The zero-order chi connectivity index (χ0) is 19.1. The van der Waals surface area contributed by atoms with Crippen LogP contribution in [0.1, 0.15) is 40.5 Å². The van der Waals surface area contributed by atoms with Crippen LogP contribution in [0.25, 0.3) is 0 Å². The van der Waals surface area contributed by atoms with Crippen LogP contribution in [0, 0.1) is 5.92 Å². The van der Waals surface area contributed by atoms with E-state index in [0.717, 1.165) is 6.42 Å². The summed E-state index contributed by atoms with van der Waals surface area (Å²) in [6.07, 6.45) is 1.54. The summed E-state index contributed by atoms with van der Waals surface area (Å²) in [5, 5.41) is 0. The molecule has 0 aromatic carbocycles. The molecule has 3 heterocycles. The molecule has 2 unspecified atom stereocenters. The molecule has 2 amide bonds. The van der Waals surface area contributed by atoms with Gasteiger partial charge in [0.15, 0.2) is 0 Å². The molecular weight excluding hydrogens is 345 g/mol. The highest BCUT2D eigenvalue weighted by Gasteiger charge is 2.55. The Kier molecular flexibility index (Phi) is 5.52. The van der Waals surface area contributed by atoms with Gasteiger partial charge in [0.1, 0.15) is 0 Å². The van der Waals surface area contributed by atoms with E-state index in [0.29, 0.717) is 32.6 Å². The first-order valence-electron chi connectivity index (χ1n) is 9.38. The Balaban J connectivity index is 1.49. The zero-order valence-electron chi connectivity index (χ0n) is 16.0. The summed E-state index contributed by atoms with van der Waals surface area (Å²) in [5.74, 6) is 0.134.